The fourth-order valence-electron chi connectivity index (χ4n) is 2.38. The van der Waals surface area contributed by atoms with Crippen LogP contribution in [0.4, 0.5) is 4.79 Å². The van der Waals surface area contributed by atoms with E-state index < -0.39 is 30.6 Å². The van der Waals surface area contributed by atoms with Gasteiger partial charge in [0.1, 0.15) is 18.1 Å². The lowest BCUT2D eigenvalue weighted by molar-refractivity contribution is -0.160. The van der Waals surface area contributed by atoms with E-state index in [0.29, 0.717) is 18.1 Å². The summed E-state index contributed by atoms with van der Waals surface area (Å²) in [6.07, 6.45) is -1.15. The van der Waals surface area contributed by atoms with E-state index in [2.05, 4.69) is 0 Å². The molecule has 2 aromatic rings. The summed E-state index contributed by atoms with van der Waals surface area (Å²) in [4.78, 5) is 34.6. The predicted octanol–water partition coefficient (Wildman–Crippen LogP) is 2.41. The quantitative estimate of drug-likeness (QED) is 0.624. The second kappa shape index (κ2) is 10.7. The van der Waals surface area contributed by atoms with Crippen LogP contribution in [0.3, 0.4) is 0 Å². The first-order chi connectivity index (χ1) is 13.8. The highest BCUT2D eigenvalue weighted by Gasteiger charge is 2.27. The number of urea groups is 1. The summed E-state index contributed by atoms with van der Waals surface area (Å²) < 4.78 is 16.2. The standard InChI is InChI=1S/C21H24N2O6/c1-14(2)19(20(25)23-21(22)26)29-18(24)13-28-17-10-8-16(9-11-17)27-12-15-6-4-3-5-7-15/h3-11,14,19H,12-13H2,1-2H3,(H3,22,23,25,26)/t19-/m0/s1. The average Bonchev–Trinajstić information content (AvgIpc) is 2.69. The number of esters is 1. The van der Waals surface area contributed by atoms with Gasteiger partial charge in [-0.15, -0.1) is 0 Å². The minimum atomic E-state index is -1.15. The molecular formula is C21H24N2O6. The number of nitrogens with two attached hydrogens (primary N) is 1. The van der Waals surface area contributed by atoms with E-state index in [9.17, 15) is 14.4 Å². The molecule has 0 saturated carbocycles. The SMILES string of the molecule is CC(C)[C@H](OC(=O)COc1ccc(OCc2ccccc2)cc1)C(=O)NC(N)=O. The van der Waals surface area contributed by atoms with E-state index in [-0.39, 0.29) is 5.92 Å². The molecule has 0 bridgehead atoms. The maximum Gasteiger partial charge on any atom is 0.344 e. The van der Waals surface area contributed by atoms with Gasteiger partial charge in [-0.3, -0.25) is 10.1 Å². The molecule has 8 nitrogen and oxygen atoms in total. The Kier molecular flexibility index (Phi) is 8.02. The van der Waals surface area contributed by atoms with Crippen LogP contribution in [0, 0.1) is 5.92 Å². The van der Waals surface area contributed by atoms with E-state index in [0.717, 1.165) is 5.56 Å². The van der Waals surface area contributed by atoms with Crippen LogP contribution in [0.25, 0.3) is 0 Å². The number of hydrogen-bond donors (Lipinski definition) is 2. The van der Waals surface area contributed by atoms with Crippen LogP contribution in [-0.4, -0.2) is 30.6 Å². The molecule has 29 heavy (non-hydrogen) atoms. The smallest absolute Gasteiger partial charge is 0.344 e. The summed E-state index contributed by atoms with van der Waals surface area (Å²) in [5.41, 5.74) is 5.97. The predicted molar refractivity (Wildman–Crippen MR) is 105 cm³/mol. The molecule has 0 radical (unpaired) electrons. The van der Waals surface area contributed by atoms with Gasteiger partial charge >= 0.3 is 12.0 Å². The molecule has 0 fully saturated rings. The Morgan fingerprint density at radius 3 is 2.07 bits per heavy atom. The molecule has 1 atom stereocenters. The van der Waals surface area contributed by atoms with Crippen molar-refractivity contribution in [3.05, 3.63) is 60.2 Å². The number of primary amides is 1. The highest BCUT2D eigenvalue weighted by Crippen LogP contribution is 2.19. The van der Waals surface area contributed by atoms with Crippen LogP contribution in [0.2, 0.25) is 0 Å². The third kappa shape index (κ3) is 7.53. The van der Waals surface area contributed by atoms with Gasteiger partial charge in [0.25, 0.3) is 5.91 Å². The first kappa shape index (κ1) is 21.7. The molecule has 2 rings (SSSR count). The Balaban J connectivity index is 1.81. The van der Waals surface area contributed by atoms with Crippen molar-refractivity contribution in [2.24, 2.45) is 11.7 Å². The first-order valence-electron chi connectivity index (χ1n) is 9.04. The van der Waals surface area contributed by atoms with Crippen molar-refractivity contribution in [2.75, 3.05) is 6.61 Å². The van der Waals surface area contributed by atoms with E-state index in [4.69, 9.17) is 19.9 Å². The third-order valence-electron chi connectivity index (χ3n) is 3.80. The summed E-state index contributed by atoms with van der Waals surface area (Å²) in [6.45, 7) is 3.40. The summed E-state index contributed by atoms with van der Waals surface area (Å²) in [7, 11) is 0. The van der Waals surface area contributed by atoms with Crippen LogP contribution in [0.5, 0.6) is 11.5 Å². The zero-order chi connectivity index (χ0) is 21.2. The fraction of sp³-hybridized carbons (Fsp3) is 0.286. The van der Waals surface area contributed by atoms with Crippen molar-refractivity contribution in [3.8, 4) is 11.5 Å². The summed E-state index contributed by atoms with van der Waals surface area (Å²) in [5.74, 6) is -0.767. The molecule has 0 spiro atoms. The lowest BCUT2D eigenvalue weighted by Gasteiger charge is -2.19. The lowest BCUT2D eigenvalue weighted by atomic mass is 10.1. The van der Waals surface area contributed by atoms with Crippen LogP contribution in [0.15, 0.2) is 54.6 Å². The van der Waals surface area contributed by atoms with E-state index >= 15 is 0 Å². The monoisotopic (exact) mass is 400 g/mol. The molecule has 8 heteroatoms. The topological polar surface area (TPSA) is 117 Å². The molecule has 0 aliphatic rings. The van der Waals surface area contributed by atoms with Gasteiger partial charge in [0, 0.05) is 0 Å². The largest absolute Gasteiger partial charge is 0.489 e. The van der Waals surface area contributed by atoms with Crippen LogP contribution in [0.1, 0.15) is 19.4 Å². The highest BCUT2D eigenvalue weighted by atomic mass is 16.6. The third-order valence-corrected chi connectivity index (χ3v) is 3.80. The number of carbonyl (C=O) groups excluding carboxylic acids is 3. The molecule has 0 saturated heterocycles. The van der Waals surface area contributed by atoms with Crippen molar-refractivity contribution in [2.45, 2.75) is 26.6 Å². The summed E-state index contributed by atoms with van der Waals surface area (Å²) in [5, 5.41) is 1.90. The van der Waals surface area contributed by atoms with Crippen molar-refractivity contribution in [1.29, 1.82) is 0 Å². The minimum Gasteiger partial charge on any atom is -0.489 e. The second-order valence-corrected chi connectivity index (χ2v) is 6.54. The molecule has 0 aliphatic carbocycles. The fourth-order valence-corrected chi connectivity index (χ4v) is 2.38. The van der Waals surface area contributed by atoms with Gasteiger partial charge in [0.2, 0.25) is 0 Å². The van der Waals surface area contributed by atoms with Gasteiger partial charge in [-0.1, -0.05) is 44.2 Å². The van der Waals surface area contributed by atoms with Crippen LogP contribution in [-0.2, 0) is 20.9 Å². The number of carbonyl (C=O) groups is 3. The number of benzene rings is 2. The molecule has 0 aromatic heterocycles. The first-order valence-corrected chi connectivity index (χ1v) is 9.04. The van der Waals surface area contributed by atoms with E-state index in [1.807, 2.05) is 35.6 Å². The van der Waals surface area contributed by atoms with Crippen LogP contribution < -0.4 is 20.5 Å². The zero-order valence-electron chi connectivity index (χ0n) is 16.3. The Morgan fingerprint density at radius 1 is 0.931 bits per heavy atom. The van der Waals surface area contributed by atoms with Gasteiger partial charge in [-0.05, 0) is 35.7 Å². The molecule has 0 unspecified atom stereocenters. The van der Waals surface area contributed by atoms with E-state index in [1.54, 1.807) is 38.1 Å². The molecule has 3 amide bonds. The highest BCUT2D eigenvalue weighted by molar-refractivity contribution is 5.96. The number of imide groups is 1. The normalized spacial score (nSPS) is 11.4. The van der Waals surface area contributed by atoms with Crippen molar-refractivity contribution in [1.82, 2.24) is 5.32 Å². The average molecular weight is 400 g/mol. The van der Waals surface area contributed by atoms with Gasteiger partial charge in [-0.25, -0.2) is 9.59 Å². The lowest BCUT2D eigenvalue weighted by Crippen LogP contribution is -2.46. The molecule has 0 aliphatic heterocycles. The van der Waals surface area contributed by atoms with E-state index in [1.165, 1.54) is 0 Å². The number of amides is 3. The number of nitrogens with one attached hydrogen (secondary N) is 1. The summed E-state index contributed by atoms with van der Waals surface area (Å²) >= 11 is 0. The minimum absolute atomic E-state index is 0.348. The Bertz CT molecular complexity index is 821. The van der Waals surface area contributed by atoms with Gasteiger partial charge in [0.05, 0.1) is 0 Å². The van der Waals surface area contributed by atoms with Crippen LogP contribution >= 0.6 is 0 Å². The van der Waals surface area contributed by atoms with Gasteiger partial charge in [0.15, 0.2) is 12.7 Å². The van der Waals surface area contributed by atoms with Crippen molar-refractivity contribution in [3.63, 3.8) is 0 Å². The maximum absolute atomic E-state index is 12.0. The molecule has 0 heterocycles. The summed E-state index contributed by atoms with van der Waals surface area (Å²) in [6, 6.07) is 15.5. The van der Waals surface area contributed by atoms with Gasteiger partial charge < -0.3 is 19.9 Å². The van der Waals surface area contributed by atoms with Crippen molar-refractivity contribution < 1.29 is 28.6 Å². The number of ether oxygens (including phenoxy) is 3. The molecule has 3 N–H and O–H groups in total. The van der Waals surface area contributed by atoms with Crippen molar-refractivity contribution >= 4 is 17.9 Å². The second-order valence-electron chi connectivity index (χ2n) is 6.54. The number of hydrogen-bond acceptors (Lipinski definition) is 6. The van der Waals surface area contributed by atoms with Gasteiger partial charge in [-0.2, -0.15) is 0 Å². The Morgan fingerprint density at radius 2 is 1.52 bits per heavy atom. The Labute approximate surface area is 168 Å². The molecule has 2 aromatic carbocycles. The number of rotatable bonds is 9. The Hall–Kier alpha value is -3.55. The maximum atomic E-state index is 12.0. The molecule has 154 valence electrons. The molecular weight excluding hydrogens is 376 g/mol. The zero-order valence-corrected chi connectivity index (χ0v) is 16.3.